The fraction of sp³-hybridized carbons (Fsp3) is 0.667. The van der Waals surface area contributed by atoms with Gasteiger partial charge < -0.3 is 14.5 Å². The van der Waals surface area contributed by atoms with Crippen molar-refractivity contribution in [1.82, 2.24) is 9.62 Å². The molecule has 7 nitrogen and oxygen atoms in total. The molecular weight excluding hydrogens is 320 g/mol. The molecule has 0 saturated carbocycles. The average molecular weight is 344 g/mol. The van der Waals surface area contributed by atoms with Gasteiger partial charge in [0.15, 0.2) is 0 Å². The number of hydrogen-bond donors (Lipinski definition) is 1. The maximum absolute atomic E-state index is 13.0. The second kappa shape index (κ2) is 7.46. The molecule has 1 aliphatic heterocycles. The van der Waals surface area contributed by atoms with Crippen LogP contribution in [-0.4, -0.2) is 51.5 Å². The minimum atomic E-state index is -3.78. The SMILES string of the molecule is CCCN(C1CCNCC1)S(=O)(=O)c1cc(C(=O)OC)c(C)o1. The highest BCUT2D eigenvalue weighted by molar-refractivity contribution is 7.89. The molecule has 0 spiro atoms. The Kier molecular flexibility index (Phi) is 5.83. The summed E-state index contributed by atoms with van der Waals surface area (Å²) in [5, 5.41) is 3.04. The fourth-order valence-electron chi connectivity index (χ4n) is 2.82. The van der Waals surface area contributed by atoms with E-state index in [-0.39, 0.29) is 22.5 Å². The van der Waals surface area contributed by atoms with Gasteiger partial charge in [-0.25, -0.2) is 13.2 Å². The standard InChI is InChI=1S/C15H24N2O5S/c1-4-9-17(12-5-7-16-8-6-12)23(19,20)14-10-13(11(2)22-14)15(18)21-3/h10,12,16H,4-9H2,1-3H3. The van der Waals surface area contributed by atoms with Crippen molar-refractivity contribution in [2.75, 3.05) is 26.7 Å². The van der Waals surface area contributed by atoms with E-state index in [1.165, 1.54) is 17.5 Å². The van der Waals surface area contributed by atoms with Gasteiger partial charge in [0.2, 0.25) is 5.09 Å². The molecule has 2 heterocycles. The lowest BCUT2D eigenvalue weighted by Gasteiger charge is -2.32. The second-order valence-electron chi connectivity index (χ2n) is 5.62. The van der Waals surface area contributed by atoms with E-state index in [1.54, 1.807) is 6.92 Å². The number of sulfonamides is 1. The highest BCUT2D eigenvalue weighted by Gasteiger charge is 2.35. The van der Waals surface area contributed by atoms with Crippen molar-refractivity contribution < 1.29 is 22.4 Å². The molecule has 130 valence electrons. The number of rotatable bonds is 6. The number of carbonyl (C=O) groups excluding carboxylic acids is 1. The number of piperidine rings is 1. The second-order valence-corrected chi connectivity index (χ2v) is 7.45. The summed E-state index contributed by atoms with van der Waals surface area (Å²) < 4.78 is 37.4. The maximum Gasteiger partial charge on any atom is 0.341 e. The van der Waals surface area contributed by atoms with Gasteiger partial charge in [-0.1, -0.05) is 6.92 Å². The summed E-state index contributed by atoms with van der Waals surface area (Å²) in [6, 6.07) is 1.22. The average Bonchev–Trinajstić information content (AvgIpc) is 2.95. The quantitative estimate of drug-likeness (QED) is 0.787. The summed E-state index contributed by atoms with van der Waals surface area (Å²) in [6.45, 7) is 5.52. The van der Waals surface area contributed by atoms with Crippen LogP contribution in [0.1, 0.15) is 42.3 Å². The van der Waals surface area contributed by atoms with Crippen LogP contribution >= 0.6 is 0 Å². The Balaban J connectivity index is 2.35. The molecule has 1 aliphatic rings. The summed E-state index contributed by atoms with van der Waals surface area (Å²) in [5.41, 5.74) is 0.146. The molecular formula is C15H24N2O5S. The number of furan rings is 1. The van der Waals surface area contributed by atoms with Crippen LogP contribution in [0.4, 0.5) is 0 Å². The van der Waals surface area contributed by atoms with Gasteiger partial charge in [0.1, 0.15) is 11.3 Å². The zero-order chi connectivity index (χ0) is 17.0. The molecule has 2 rings (SSSR count). The van der Waals surface area contributed by atoms with Crippen molar-refractivity contribution in [3.63, 3.8) is 0 Å². The van der Waals surface area contributed by atoms with Crippen LogP contribution in [0.25, 0.3) is 0 Å². The molecule has 1 saturated heterocycles. The molecule has 8 heteroatoms. The third kappa shape index (κ3) is 3.76. The van der Waals surface area contributed by atoms with Crippen molar-refractivity contribution in [3.05, 3.63) is 17.4 Å². The van der Waals surface area contributed by atoms with Crippen molar-refractivity contribution in [2.45, 2.75) is 44.2 Å². The van der Waals surface area contributed by atoms with E-state index in [0.29, 0.717) is 13.0 Å². The Hall–Kier alpha value is -1.38. The number of ether oxygens (including phenoxy) is 1. The lowest BCUT2D eigenvalue weighted by atomic mass is 10.1. The van der Waals surface area contributed by atoms with Gasteiger partial charge >= 0.3 is 5.97 Å². The minimum Gasteiger partial charge on any atom is -0.465 e. The van der Waals surface area contributed by atoms with E-state index < -0.39 is 16.0 Å². The summed E-state index contributed by atoms with van der Waals surface area (Å²) in [5.74, 6) is -0.353. The van der Waals surface area contributed by atoms with E-state index in [2.05, 4.69) is 10.1 Å². The van der Waals surface area contributed by atoms with Gasteiger partial charge in [0, 0.05) is 18.7 Å². The Morgan fingerprint density at radius 1 is 1.43 bits per heavy atom. The van der Waals surface area contributed by atoms with Crippen LogP contribution in [-0.2, 0) is 14.8 Å². The zero-order valence-corrected chi connectivity index (χ0v) is 14.6. The molecule has 1 N–H and O–H groups in total. The van der Waals surface area contributed by atoms with Crippen LogP contribution in [0, 0.1) is 6.92 Å². The van der Waals surface area contributed by atoms with E-state index in [0.717, 1.165) is 25.9 Å². The van der Waals surface area contributed by atoms with Crippen LogP contribution in [0.3, 0.4) is 0 Å². The summed E-state index contributed by atoms with van der Waals surface area (Å²) in [6.07, 6.45) is 2.25. The third-order valence-electron chi connectivity index (χ3n) is 4.02. The number of carbonyl (C=O) groups is 1. The molecule has 0 atom stereocenters. The first-order valence-corrected chi connectivity index (χ1v) is 9.27. The molecule has 0 radical (unpaired) electrons. The van der Waals surface area contributed by atoms with Crippen LogP contribution in [0.15, 0.2) is 15.6 Å². The monoisotopic (exact) mass is 344 g/mol. The predicted octanol–water partition coefficient (Wildman–Crippen LogP) is 1.53. The Bertz CT molecular complexity index is 647. The normalized spacial score (nSPS) is 16.7. The van der Waals surface area contributed by atoms with Gasteiger partial charge in [-0.15, -0.1) is 0 Å². The number of nitrogens with one attached hydrogen (secondary N) is 1. The van der Waals surface area contributed by atoms with Crippen molar-refractivity contribution in [1.29, 1.82) is 0 Å². The van der Waals surface area contributed by atoms with Crippen molar-refractivity contribution in [2.24, 2.45) is 0 Å². The van der Waals surface area contributed by atoms with Gasteiger partial charge in [0.05, 0.1) is 7.11 Å². The van der Waals surface area contributed by atoms with Gasteiger partial charge in [-0.05, 0) is 39.3 Å². The molecule has 0 amide bonds. The number of aryl methyl sites for hydroxylation is 1. The van der Waals surface area contributed by atoms with Gasteiger partial charge in [-0.3, -0.25) is 0 Å². The van der Waals surface area contributed by atoms with Crippen LogP contribution in [0.5, 0.6) is 0 Å². The predicted molar refractivity (Wildman–Crippen MR) is 84.9 cm³/mol. The molecule has 0 aromatic carbocycles. The number of methoxy groups -OCH3 is 1. The molecule has 0 unspecified atom stereocenters. The van der Waals surface area contributed by atoms with Gasteiger partial charge in [0.25, 0.3) is 10.0 Å². The van der Waals surface area contributed by atoms with E-state index in [9.17, 15) is 13.2 Å². The molecule has 0 bridgehead atoms. The number of esters is 1. The first-order valence-electron chi connectivity index (χ1n) is 7.83. The van der Waals surface area contributed by atoms with E-state index >= 15 is 0 Å². The summed E-state index contributed by atoms with van der Waals surface area (Å²) in [4.78, 5) is 11.7. The highest BCUT2D eigenvalue weighted by atomic mass is 32.2. The molecule has 1 aromatic rings. The first-order chi connectivity index (χ1) is 10.9. The Morgan fingerprint density at radius 3 is 2.65 bits per heavy atom. The Morgan fingerprint density at radius 2 is 2.09 bits per heavy atom. The first kappa shape index (κ1) is 18.0. The maximum atomic E-state index is 13.0. The number of hydrogen-bond acceptors (Lipinski definition) is 6. The van der Waals surface area contributed by atoms with Crippen molar-refractivity contribution >= 4 is 16.0 Å². The Labute approximate surface area is 137 Å². The molecule has 0 aliphatic carbocycles. The van der Waals surface area contributed by atoms with Crippen molar-refractivity contribution in [3.8, 4) is 0 Å². The molecule has 1 aromatic heterocycles. The van der Waals surface area contributed by atoms with Gasteiger partial charge in [-0.2, -0.15) is 4.31 Å². The summed E-state index contributed by atoms with van der Waals surface area (Å²) in [7, 11) is -2.52. The van der Waals surface area contributed by atoms with Crippen LogP contribution < -0.4 is 5.32 Å². The highest BCUT2D eigenvalue weighted by Crippen LogP contribution is 2.26. The summed E-state index contributed by atoms with van der Waals surface area (Å²) >= 11 is 0. The van der Waals surface area contributed by atoms with E-state index in [1.807, 2.05) is 6.92 Å². The lowest BCUT2D eigenvalue weighted by molar-refractivity contribution is 0.0598. The fourth-order valence-corrected chi connectivity index (χ4v) is 4.58. The molecule has 1 fully saturated rings. The molecule has 23 heavy (non-hydrogen) atoms. The van der Waals surface area contributed by atoms with E-state index in [4.69, 9.17) is 4.42 Å². The largest absolute Gasteiger partial charge is 0.465 e. The smallest absolute Gasteiger partial charge is 0.341 e. The minimum absolute atomic E-state index is 0.0480. The lowest BCUT2D eigenvalue weighted by Crippen LogP contribution is -2.46. The zero-order valence-electron chi connectivity index (χ0n) is 13.8. The number of nitrogens with zero attached hydrogens (tertiary/aromatic N) is 1. The topological polar surface area (TPSA) is 88.9 Å². The van der Waals surface area contributed by atoms with Crippen LogP contribution in [0.2, 0.25) is 0 Å². The third-order valence-corrected chi connectivity index (χ3v) is 5.83.